The van der Waals surface area contributed by atoms with Crippen molar-refractivity contribution in [2.75, 3.05) is 13.1 Å². The maximum Gasteiger partial charge on any atom is 0.254 e. The van der Waals surface area contributed by atoms with Crippen LogP contribution in [0.5, 0.6) is 0 Å². The van der Waals surface area contributed by atoms with Gasteiger partial charge in [-0.1, -0.05) is 80.4 Å². The number of carbonyl (C=O) groups is 2. The molecule has 0 saturated carbocycles. The highest BCUT2D eigenvalue weighted by Gasteiger charge is 2.25. The number of unbranched alkanes of at least 4 members (excludes halogenated alkanes) is 2. The molecular formula is C34H41N3O2. The van der Waals surface area contributed by atoms with Crippen molar-refractivity contribution >= 4 is 22.7 Å². The number of rotatable bonds is 13. The fraction of sp³-hybridized carbons (Fsp3) is 0.353. The van der Waals surface area contributed by atoms with Gasteiger partial charge in [-0.25, -0.2) is 0 Å². The van der Waals surface area contributed by atoms with E-state index >= 15 is 0 Å². The quantitative estimate of drug-likeness (QED) is 0.191. The molecule has 0 atom stereocenters. The summed E-state index contributed by atoms with van der Waals surface area (Å²) in [5.74, 6) is -0.147. The monoisotopic (exact) mass is 523 g/mol. The summed E-state index contributed by atoms with van der Waals surface area (Å²) in [5, 5.41) is 1.18. The van der Waals surface area contributed by atoms with Crippen molar-refractivity contribution in [3.8, 4) is 0 Å². The first-order chi connectivity index (χ1) is 19.0. The van der Waals surface area contributed by atoms with Gasteiger partial charge >= 0.3 is 0 Å². The van der Waals surface area contributed by atoms with Crippen molar-refractivity contribution in [3.05, 3.63) is 107 Å². The minimum Gasteiger partial charge on any atom is -0.361 e. The Morgan fingerprint density at radius 2 is 1.54 bits per heavy atom. The number of hydrogen-bond acceptors (Lipinski definition) is 2. The fourth-order valence-electron chi connectivity index (χ4n) is 4.98. The number of H-pyrrole nitrogens is 1. The molecule has 0 radical (unpaired) electrons. The van der Waals surface area contributed by atoms with Gasteiger partial charge in [0.25, 0.3) is 5.91 Å². The lowest BCUT2D eigenvalue weighted by atomic mass is 10.0. The Labute approximate surface area is 232 Å². The Kier molecular flexibility index (Phi) is 9.96. The molecule has 2 amide bonds. The van der Waals surface area contributed by atoms with E-state index in [1.54, 1.807) is 4.90 Å². The highest BCUT2D eigenvalue weighted by molar-refractivity contribution is 5.96. The Bertz CT molecular complexity index is 1340. The lowest BCUT2D eigenvalue weighted by molar-refractivity contribution is -0.132. The summed E-state index contributed by atoms with van der Waals surface area (Å²) in [6, 6.07) is 26.1. The van der Waals surface area contributed by atoms with Crippen molar-refractivity contribution in [1.82, 2.24) is 14.8 Å². The molecule has 1 N–H and O–H groups in total. The van der Waals surface area contributed by atoms with Crippen molar-refractivity contribution < 1.29 is 9.59 Å². The van der Waals surface area contributed by atoms with Crippen LogP contribution >= 0.6 is 0 Å². The van der Waals surface area contributed by atoms with Crippen molar-refractivity contribution in [3.63, 3.8) is 0 Å². The maximum absolute atomic E-state index is 13.7. The van der Waals surface area contributed by atoms with Crippen LogP contribution in [0.3, 0.4) is 0 Å². The molecule has 3 aromatic carbocycles. The zero-order valence-corrected chi connectivity index (χ0v) is 23.5. The van der Waals surface area contributed by atoms with Gasteiger partial charge in [-0.2, -0.15) is 0 Å². The number of aromatic nitrogens is 1. The molecule has 4 aromatic rings. The number of benzene rings is 3. The third-order valence-corrected chi connectivity index (χ3v) is 7.35. The van der Waals surface area contributed by atoms with E-state index in [1.165, 1.54) is 29.4 Å². The predicted octanol–water partition coefficient (Wildman–Crippen LogP) is 7.02. The third-order valence-electron chi connectivity index (χ3n) is 7.35. The number of amides is 2. The SMILES string of the molecule is CCCCCc1ccc(C(=O)N(CC(=O)N(CCc2c[nH]c3ccccc23)Cc2ccccc2)C(C)C)cc1. The molecule has 5 nitrogen and oxygen atoms in total. The smallest absolute Gasteiger partial charge is 0.254 e. The molecule has 0 unspecified atom stereocenters. The molecule has 0 bridgehead atoms. The first-order valence-electron chi connectivity index (χ1n) is 14.2. The van der Waals surface area contributed by atoms with E-state index in [-0.39, 0.29) is 24.4 Å². The molecule has 0 aliphatic carbocycles. The van der Waals surface area contributed by atoms with Crippen molar-refractivity contribution in [1.29, 1.82) is 0 Å². The second-order valence-electron chi connectivity index (χ2n) is 10.6. The molecule has 1 heterocycles. The standard InChI is InChI=1S/C34H41N3O2/c1-4-5-7-12-27-17-19-29(20-18-27)34(39)37(26(2)3)25-33(38)36(24-28-13-8-6-9-14-28)22-21-30-23-35-32-16-11-10-15-31(30)32/h6,8-11,13-20,23,26,35H,4-5,7,12,21-22,24-25H2,1-3H3. The van der Waals surface area contributed by atoms with Crippen LogP contribution in [0.2, 0.25) is 0 Å². The summed E-state index contributed by atoms with van der Waals surface area (Å²) in [5.41, 5.74) is 5.24. The lowest BCUT2D eigenvalue weighted by Gasteiger charge is -2.30. The Balaban J connectivity index is 1.48. The van der Waals surface area contributed by atoms with Crippen LogP contribution in [0.25, 0.3) is 10.9 Å². The number of nitrogens with one attached hydrogen (secondary N) is 1. The molecule has 0 saturated heterocycles. The largest absolute Gasteiger partial charge is 0.361 e. The van der Waals surface area contributed by atoms with E-state index in [4.69, 9.17) is 0 Å². The predicted molar refractivity (Wildman–Crippen MR) is 160 cm³/mol. The van der Waals surface area contributed by atoms with E-state index in [2.05, 4.69) is 24.0 Å². The summed E-state index contributed by atoms with van der Waals surface area (Å²) in [4.78, 5) is 34.2. The molecule has 1 aromatic heterocycles. The van der Waals surface area contributed by atoms with Crippen LogP contribution in [-0.4, -0.2) is 45.7 Å². The number of aryl methyl sites for hydroxylation is 1. The maximum atomic E-state index is 13.7. The molecule has 0 fully saturated rings. The highest BCUT2D eigenvalue weighted by Crippen LogP contribution is 2.19. The first kappa shape index (κ1) is 28.2. The van der Waals surface area contributed by atoms with Gasteiger partial charge in [-0.15, -0.1) is 0 Å². The summed E-state index contributed by atoms with van der Waals surface area (Å²) in [6.07, 6.45) is 7.36. The zero-order chi connectivity index (χ0) is 27.6. The number of nitrogens with zero attached hydrogens (tertiary/aromatic N) is 2. The minimum atomic E-state index is -0.102. The van der Waals surface area contributed by atoms with E-state index in [1.807, 2.05) is 91.7 Å². The van der Waals surface area contributed by atoms with Gasteiger partial charge < -0.3 is 14.8 Å². The minimum absolute atomic E-state index is 0.0445. The summed E-state index contributed by atoms with van der Waals surface area (Å²) >= 11 is 0. The lowest BCUT2D eigenvalue weighted by Crippen LogP contribution is -2.46. The Hall–Kier alpha value is -3.86. The fourth-order valence-corrected chi connectivity index (χ4v) is 4.98. The van der Waals surface area contributed by atoms with Gasteiger partial charge in [0.05, 0.1) is 0 Å². The summed E-state index contributed by atoms with van der Waals surface area (Å²) < 4.78 is 0. The number of aromatic amines is 1. The van der Waals surface area contributed by atoms with Crippen molar-refractivity contribution in [2.24, 2.45) is 0 Å². The summed E-state index contributed by atoms with van der Waals surface area (Å²) in [7, 11) is 0. The summed E-state index contributed by atoms with van der Waals surface area (Å²) in [6.45, 7) is 7.27. The van der Waals surface area contributed by atoms with Gasteiger partial charge in [0.2, 0.25) is 5.91 Å². The average molecular weight is 524 g/mol. The molecule has 5 heteroatoms. The van der Waals surface area contributed by atoms with E-state index in [0.717, 1.165) is 30.3 Å². The molecule has 0 aliphatic heterocycles. The van der Waals surface area contributed by atoms with Gasteiger partial charge in [0.1, 0.15) is 6.54 Å². The van der Waals surface area contributed by atoms with Gasteiger partial charge in [0.15, 0.2) is 0 Å². The van der Waals surface area contributed by atoms with Crippen LogP contribution in [-0.2, 0) is 24.2 Å². The van der Waals surface area contributed by atoms with E-state index in [0.29, 0.717) is 18.7 Å². The van der Waals surface area contributed by atoms with E-state index < -0.39 is 0 Å². The molecule has 0 aliphatic rings. The van der Waals surface area contributed by atoms with Gasteiger partial charge in [0, 0.05) is 41.8 Å². The molecule has 4 rings (SSSR count). The average Bonchev–Trinajstić information content (AvgIpc) is 3.37. The van der Waals surface area contributed by atoms with Crippen LogP contribution in [0.15, 0.2) is 85.1 Å². The van der Waals surface area contributed by atoms with Crippen LogP contribution in [0, 0.1) is 0 Å². The second-order valence-corrected chi connectivity index (χ2v) is 10.6. The number of para-hydroxylation sites is 1. The Morgan fingerprint density at radius 1 is 0.821 bits per heavy atom. The van der Waals surface area contributed by atoms with Gasteiger partial charge in [-0.3, -0.25) is 9.59 Å². The number of carbonyl (C=O) groups excluding carboxylic acids is 2. The first-order valence-corrected chi connectivity index (χ1v) is 14.2. The second kappa shape index (κ2) is 13.8. The molecule has 39 heavy (non-hydrogen) atoms. The number of hydrogen-bond donors (Lipinski definition) is 1. The topological polar surface area (TPSA) is 56.4 Å². The van der Waals surface area contributed by atoms with Gasteiger partial charge in [-0.05, 0) is 68.0 Å². The molecule has 0 spiro atoms. The third kappa shape index (κ3) is 7.60. The van der Waals surface area contributed by atoms with Crippen LogP contribution < -0.4 is 0 Å². The van der Waals surface area contributed by atoms with Crippen molar-refractivity contribution in [2.45, 2.75) is 65.5 Å². The highest BCUT2D eigenvalue weighted by atomic mass is 16.2. The molecular weight excluding hydrogens is 482 g/mol. The van der Waals surface area contributed by atoms with Crippen LogP contribution in [0.4, 0.5) is 0 Å². The Morgan fingerprint density at radius 3 is 2.26 bits per heavy atom. The van der Waals surface area contributed by atoms with Crippen LogP contribution in [0.1, 0.15) is 67.1 Å². The molecule has 204 valence electrons. The number of fused-ring (bicyclic) bond motifs is 1. The normalized spacial score (nSPS) is 11.2. The zero-order valence-electron chi connectivity index (χ0n) is 23.5. The van der Waals surface area contributed by atoms with E-state index in [9.17, 15) is 9.59 Å².